The van der Waals surface area contributed by atoms with Crippen LogP contribution in [-0.4, -0.2) is 35.8 Å². The summed E-state index contributed by atoms with van der Waals surface area (Å²) >= 11 is 0. The van der Waals surface area contributed by atoms with Gasteiger partial charge in [-0.25, -0.2) is 0 Å². The number of nitrogens with zero attached hydrogens (tertiary/aromatic N) is 1. The van der Waals surface area contributed by atoms with E-state index in [0.29, 0.717) is 23.8 Å². The molecule has 2 aliphatic rings. The van der Waals surface area contributed by atoms with Gasteiger partial charge in [0.2, 0.25) is 12.7 Å². The number of phenols is 1. The Labute approximate surface area is 165 Å². The maximum absolute atomic E-state index is 13.1. The summed E-state index contributed by atoms with van der Waals surface area (Å²) < 4.78 is 11.0. The number of hydrogen-bond donors (Lipinski definition) is 1. The van der Waals surface area contributed by atoms with Crippen LogP contribution in [0.1, 0.15) is 48.8 Å². The lowest BCUT2D eigenvalue weighted by molar-refractivity contribution is -0.133. The van der Waals surface area contributed by atoms with Crippen molar-refractivity contribution in [3.8, 4) is 17.2 Å². The minimum atomic E-state index is -0.236. The predicted octanol–water partition coefficient (Wildman–Crippen LogP) is 4.21. The van der Waals surface area contributed by atoms with E-state index in [9.17, 15) is 9.90 Å². The van der Waals surface area contributed by atoms with Crippen LogP contribution >= 0.6 is 0 Å². The number of carbonyl (C=O) groups is 1. The molecular formula is C23H27NO4. The summed E-state index contributed by atoms with van der Waals surface area (Å²) in [6.45, 7) is 6.01. The third-order valence-corrected chi connectivity index (χ3v) is 5.84. The van der Waals surface area contributed by atoms with Crippen LogP contribution in [0.4, 0.5) is 0 Å². The SMILES string of the molecule is Cc1cccc(O)c1C(CC(=O)N1CCCC(C)C1)c1ccc2c(c1)OCO2. The number of aryl methyl sites for hydroxylation is 1. The Morgan fingerprint density at radius 2 is 2.07 bits per heavy atom. The molecule has 1 saturated heterocycles. The average Bonchev–Trinajstić information content (AvgIpc) is 3.14. The van der Waals surface area contributed by atoms with E-state index in [1.165, 1.54) is 6.42 Å². The minimum Gasteiger partial charge on any atom is -0.508 e. The van der Waals surface area contributed by atoms with E-state index in [2.05, 4.69) is 6.92 Å². The number of likely N-dealkylation sites (tertiary alicyclic amines) is 1. The highest BCUT2D eigenvalue weighted by Gasteiger charge is 2.28. The molecular weight excluding hydrogens is 354 g/mol. The summed E-state index contributed by atoms with van der Waals surface area (Å²) in [4.78, 5) is 15.1. The van der Waals surface area contributed by atoms with Gasteiger partial charge in [0.15, 0.2) is 11.5 Å². The molecule has 28 heavy (non-hydrogen) atoms. The van der Waals surface area contributed by atoms with Gasteiger partial charge >= 0.3 is 0 Å². The number of ether oxygens (including phenoxy) is 2. The summed E-state index contributed by atoms with van der Waals surface area (Å²) in [5.74, 6) is 2.07. The number of piperidine rings is 1. The van der Waals surface area contributed by atoms with E-state index in [0.717, 1.165) is 36.2 Å². The van der Waals surface area contributed by atoms with Crippen LogP contribution in [0.2, 0.25) is 0 Å². The van der Waals surface area contributed by atoms with Gasteiger partial charge in [0.05, 0.1) is 0 Å². The first-order valence-corrected chi connectivity index (χ1v) is 9.98. The minimum absolute atomic E-state index is 0.136. The molecule has 2 atom stereocenters. The van der Waals surface area contributed by atoms with Gasteiger partial charge in [0.25, 0.3) is 0 Å². The van der Waals surface area contributed by atoms with Crippen molar-refractivity contribution in [3.63, 3.8) is 0 Å². The molecule has 4 rings (SSSR count). The van der Waals surface area contributed by atoms with Gasteiger partial charge < -0.3 is 19.5 Å². The number of fused-ring (bicyclic) bond motifs is 1. The Kier molecular flexibility index (Phi) is 5.16. The van der Waals surface area contributed by atoms with E-state index in [-0.39, 0.29) is 24.4 Å². The zero-order chi connectivity index (χ0) is 19.7. The lowest BCUT2D eigenvalue weighted by atomic mass is 9.84. The molecule has 1 amide bonds. The van der Waals surface area contributed by atoms with E-state index in [1.807, 2.05) is 42.2 Å². The van der Waals surface area contributed by atoms with Crippen LogP contribution in [0.15, 0.2) is 36.4 Å². The molecule has 5 heteroatoms. The maximum atomic E-state index is 13.1. The van der Waals surface area contributed by atoms with Crippen molar-refractivity contribution < 1.29 is 19.4 Å². The average molecular weight is 381 g/mol. The molecule has 2 aromatic rings. The zero-order valence-corrected chi connectivity index (χ0v) is 16.5. The van der Waals surface area contributed by atoms with E-state index < -0.39 is 0 Å². The number of rotatable bonds is 4. The molecule has 0 saturated carbocycles. The largest absolute Gasteiger partial charge is 0.508 e. The van der Waals surface area contributed by atoms with Crippen molar-refractivity contribution >= 4 is 5.91 Å². The molecule has 0 aromatic heterocycles. The summed E-state index contributed by atoms with van der Waals surface area (Å²) in [6.07, 6.45) is 2.55. The van der Waals surface area contributed by atoms with Crippen LogP contribution in [0.5, 0.6) is 17.2 Å². The van der Waals surface area contributed by atoms with Crippen molar-refractivity contribution in [2.75, 3.05) is 19.9 Å². The molecule has 2 aromatic carbocycles. The fraction of sp³-hybridized carbons (Fsp3) is 0.435. The molecule has 2 unspecified atom stereocenters. The molecule has 5 nitrogen and oxygen atoms in total. The Bertz CT molecular complexity index is 859. The highest BCUT2D eigenvalue weighted by Crippen LogP contribution is 2.41. The van der Waals surface area contributed by atoms with Gasteiger partial charge in [0, 0.05) is 31.0 Å². The zero-order valence-electron chi connectivity index (χ0n) is 16.5. The Hall–Kier alpha value is -2.69. The number of carbonyl (C=O) groups excluding carboxylic acids is 1. The van der Waals surface area contributed by atoms with Gasteiger partial charge in [-0.15, -0.1) is 0 Å². The summed E-state index contributed by atoms with van der Waals surface area (Å²) in [5, 5.41) is 10.6. The Morgan fingerprint density at radius 3 is 2.86 bits per heavy atom. The Morgan fingerprint density at radius 1 is 1.25 bits per heavy atom. The monoisotopic (exact) mass is 381 g/mol. The van der Waals surface area contributed by atoms with Crippen molar-refractivity contribution in [2.24, 2.45) is 5.92 Å². The second-order valence-electron chi connectivity index (χ2n) is 7.96. The smallest absolute Gasteiger partial charge is 0.231 e. The Balaban J connectivity index is 1.68. The lowest BCUT2D eigenvalue weighted by Gasteiger charge is -2.32. The molecule has 2 aliphatic heterocycles. The van der Waals surface area contributed by atoms with Crippen molar-refractivity contribution in [3.05, 3.63) is 53.1 Å². The second kappa shape index (κ2) is 7.74. The molecule has 148 valence electrons. The van der Waals surface area contributed by atoms with Crippen LogP contribution in [0.3, 0.4) is 0 Å². The van der Waals surface area contributed by atoms with Gasteiger partial charge in [-0.05, 0) is 55.0 Å². The van der Waals surface area contributed by atoms with Crippen LogP contribution in [0, 0.1) is 12.8 Å². The van der Waals surface area contributed by atoms with E-state index in [1.54, 1.807) is 6.07 Å². The highest BCUT2D eigenvalue weighted by molar-refractivity contribution is 5.78. The molecule has 0 radical (unpaired) electrons. The maximum Gasteiger partial charge on any atom is 0.231 e. The first-order chi connectivity index (χ1) is 13.5. The van der Waals surface area contributed by atoms with Gasteiger partial charge in [-0.2, -0.15) is 0 Å². The molecule has 0 aliphatic carbocycles. The second-order valence-corrected chi connectivity index (χ2v) is 7.96. The predicted molar refractivity (Wildman–Crippen MR) is 107 cm³/mol. The van der Waals surface area contributed by atoms with Crippen molar-refractivity contribution in [1.29, 1.82) is 0 Å². The molecule has 0 spiro atoms. The number of amides is 1. The first kappa shape index (κ1) is 18.7. The van der Waals surface area contributed by atoms with Crippen molar-refractivity contribution in [2.45, 2.75) is 39.0 Å². The van der Waals surface area contributed by atoms with Gasteiger partial charge in [0.1, 0.15) is 5.75 Å². The normalized spacial score (nSPS) is 19.5. The summed E-state index contributed by atoms with van der Waals surface area (Å²) in [7, 11) is 0. The van der Waals surface area contributed by atoms with Crippen LogP contribution in [-0.2, 0) is 4.79 Å². The number of phenolic OH excluding ortho intramolecular Hbond substituents is 1. The quantitative estimate of drug-likeness (QED) is 0.862. The lowest BCUT2D eigenvalue weighted by Crippen LogP contribution is -2.39. The number of hydrogen-bond acceptors (Lipinski definition) is 4. The first-order valence-electron chi connectivity index (χ1n) is 9.98. The summed E-state index contributed by atoms with van der Waals surface area (Å²) in [6, 6.07) is 11.3. The topological polar surface area (TPSA) is 59.0 Å². The molecule has 1 fully saturated rings. The highest BCUT2D eigenvalue weighted by atomic mass is 16.7. The summed E-state index contributed by atoms with van der Waals surface area (Å²) in [5.41, 5.74) is 2.73. The van der Waals surface area contributed by atoms with Gasteiger partial charge in [-0.3, -0.25) is 4.79 Å². The number of benzene rings is 2. The fourth-order valence-electron chi connectivity index (χ4n) is 4.35. The van der Waals surface area contributed by atoms with Crippen LogP contribution in [0.25, 0.3) is 0 Å². The van der Waals surface area contributed by atoms with E-state index in [4.69, 9.17) is 9.47 Å². The standard InChI is InChI=1S/C23H27NO4/c1-15-5-4-10-24(13-15)22(26)12-18(23-16(2)6-3-7-19(23)25)17-8-9-20-21(11-17)28-14-27-20/h3,6-9,11,15,18,25H,4-5,10,12-14H2,1-2H3. The number of aromatic hydroxyl groups is 1. The molecule has 1 N–H and O–H groups in total. The van der Waals surface area contributed by atoms with Gasteiger partial charge in [-0.1, -0.05) is 25.1 Å². The fourth-order valence-corrected chi connectivity index (χ4v) is 4.35. The van der Waals surface area contributed by atoms with Crippen molar-refractivity contribution in [1.82, 2.24) is 4.90 Å². The third-order valence-electron chi connectivity index (χ3n) is 5.84. The van der Waals surface area contributed by atoms with Crippen LogP contribution < -0.4 is 9.47 Å². The van der Waals surface area contributed by atoms with E-state index >= 15 is 0 Å². The third kappa shape index (κ3) is 3.66. The molecule has 2 heterocycles. The molecule has 0 bridgehead atoms.